The summed E-state index contributed by atoms with van der Waals surface area (Å²) in [7, 11) is -0.421. The SMILES string of the molecule is COc1ccc(S(=O)(=O)N(C)C2CCOC2)cc1CN. The number of sulfonamides is 1. The van der Waals surface area contributed by atoms with Crippen LogP contribution in [-0.4, -0.2) is 46.1 Å². The summed E-state index contributed by atoms with van der Waals surface area (Å²) in [5.74, 6) is 0.596. The van der Waals surface area contributed by atoms with Gasteiger partial charge in [-0.2, -0.15) is 4.31 Å². The maximum atomic E-state index is 12.6. The maximum Gasteiger partial charge on any atom is 0.243 e. The van der Waals surface area contributed by atoms with E-state index in [1.54, 1.807) is 25.2 Å². The van der Waals surface area contributed by atoms with Crippen molar-refractivity contribution in [1.82, 2.24) is 4.31 Å². The standard InChI is InChI=1S/C13H20N2O4S/c1-15(11-5-6-19-9-11)20(16,17)12-3-4-13(18-2)10(7-12)8-14/h3-4,7,11H,5-6,8-9,14H2,1-2H3. The van der Waals surface area contributed by atoms with Crippen molar-refractivity contribution in [1.29, 1.82) is 0 Å². The van der Waals surface area contributed by atoms with Crippen LogP contribution < -0.4 is 10.5 Å². The molecule has 1 fully saturated rings. The Morgan fingerprint density at radius 1 is 1.50 bits per heavy atom. The van der Waals surface area contributed by atoms with Gasteiger partial charge in [0.05, 0.1) is 24.7 Å². The molecular formula is C13H20N2O4S. The summed E-state index contributed by atoms with van der Waals surface area (Å²) in [6, 6.07) is 4.64. The van der Waals surface area contributed by atoms with Gasteiger partial charge >= 0.3 is 0 Å². The number of ether oxygens (including phenoxy) is 2. The molecule has 112 valence electrons. The molecule has 0 radical (unpaired) electrons. The van der Waals surface area contributed by atoms with E-state index in [-0.39, 0.29) is 17.5 Å². The largest absolute Gasteiger partial charge is 0.496 e. The smallest absolute Gasteiger partial charge is 0.243 e. The number of methoxy groups -OCH3 is 1. The average Bonchev–Trinajstić information content (AvgIpc) is 2.99. The Kier molecular flexibility index (Phi) is 4.64. The van der Waals surface area contributed by atoms with Gasteiger partial charge in [0.25, 0.3) is 0 Å². The first-order valence-electron chi connectivity index (χ1n) is 6.43. The molecule has 1 heterocycles. The van der Waals surface area contributed by atoms with Crippen molar-refractivity contribution in [2.75, 3.05) is 27.4 Å². The number of nitrogens with two attached hydrogens (primary N) is 1. The molecule has 6 nitrogen and oxygen atoms in total. The van der Waals surface area contributed by atoms with Crippen LogP contribution >= 0.6 is 0 Å². The van der Waals surface area contributed by atoms with Gasteiger partial charge in [0.2, 0.25) is 10.0 Å². The summed E-state index contributed by atoms with van der Waals surface area (Å²) in [6.07, 6.45) is 0.718. The number of nitrogens with zero attached hydrogens (tertiary/aromatic N) is 1. The number of hydrogen-bond acceptors (Lipinski definition) is 5. The Balaban J connectivity index is 2.33. The lowest BCUT2D eigenvalue weighted by Gasteiger charge is -2.23. The van der Waals surface area contributed by atoms with Crippen molar-refractivity contribution in [2.45, 2.75) is 23.9 Å². The Morgan fingerprint density at radius 3 is 2.80 bits per heavy atom. The van der Waals surface area contributed by atoms with Crippen LogP contribution in [0.25, 0.3) is 0 Å². The van der Waals surface area contributed by atoms with E-state index in [9.17, 15) is 8.42 Å². The highest BCUT2D eigenvalue weighted by Gasteiger charge is 2.30. The van der Waals surface area contributed by atoms with Crippen LogP contribution in [-0.2, 0) is 21.3 Å². The van der Waals surface area contributed by atoms with Gasteiger partial charge in [-0.25, -0.2) is 8.42 Å². The Hall–Kier alpha value is -1.15. The van der Waals surface area contributed by atoms with Crippen molar-refractivity contribution >= 4 is 10.0 Å². The van der Waals surface area contributed by atoms with Crippen molar-refractivity contribution in [3.8, 4) is 5.75 Å². The summed E-state index contributed by atoms with van der Waals surface area (Å²) < 4.78 is 36.9. The van der Waals surface area contributed by atoms with Gasteiger partial charge in [-0.1, -0.05) is 0 Å². The second-order valence-electron chi connectivity index (χ2n) is 4.72. The molecule has 2 N–H and O–H groups in total. The maximum absolute atomic E-state index is 12.6. The van der Waals surface area contributed by atoms with Gasteiger partial charge in [0, 0.05) is 25.8 Å². The summed E-state index contributed by atoms with van der Waals surface area (Å²) in [5, 5.41) is 0. The van der Waals surface area contributed by atoms with Crippen LogP contribution in [0.2, 0.25) is 0 Å². The van der Waals surface area contributed by atoms with Crippen LogP contribution in [0.5, 0.6) is 5.75 Å². The van der Waals surface area contributed by atoms with Gasteiger partial charge in [0.15, 0.2) is 0 Å². The molecule has 1 aliphatic heterocycles. The van der Waals surface area contributed by atoms with Crippen molar-refractivity contribution in [3.05, 3.63) is 23.8 Å². The summed E-state index contributed by atoms with van der Waals surface area (Å²) in [5.41, 5.74) is 6.30. The zero-order chi connectivity index (χ0) is 14.8. The highest BCUT2D eigenvalue weighted by molar-refractivity contribution is 7.89. The molecular weight excluding hydrogens is 280 g/mol. The molecule has 7 heteroatoms. The highest BCUT2D eigenvalue weighted by Crippen LogP contribution is 2.26. The third-order valence-electron chi connectivity index (χ3n) is 3.57. The van der Waals surface area contributed by atoms with Gasteiger partial charge < -0.3 is 15.2 Å². The van der Waals surface area contributed by atoms with E-state index in [0.29, 0.717) is 24.5 Å². The number of benzene rings is 1. The van der Waals surface area contributed by atoms with Crippen molar-refractivity contribution < 1.29 is 17.9 Å². The quantitative estimate of drug-likeness (QED) is 0.859. The van der Waals surface area contributed by atoms with Gasteiger partial charge in [0.1, 0.15) is 5.75 Å². The third kappa shape index (κ3) is 2.80. The molecule has 2 rings (SSSR count). The van der Waals surface area contributed by atoms with Crippen LogP contribution in [0.15, 0.2) is 23.1 Å². The van der Waals surface area contributed by atoms with Crippen LogP contribution in [0.3, 0.4) is 0 Å². The minimum atomic E-state index is -3.54. The zero-order valence-corrected chi connectivity index (χ0v) is 12.5. The molecule has 0 aromatic heterocycles. The Bertz CT molecular complexity index is 568. The lowest BCUT2D eigenvalue weighted by molar-refractivity contribution is 0.181. The van der Waals surface area contributed by atoms with Crippen molar-refractivity contribution in [3.63, 3.8) is 0 Å². The number of likely N-dealkylation sites (N-methyl/N-ethyl adjacent to an activating group) is 1. The van der Waals surface area contributed by atoms with E-state index in [0.717, 1.165) is 6.42 Å². The first-order valence-corrected chi connectivity index (χ1v) is 7.87. The molecule has 1 atom stereocenters. The normalized spacial score (nSPS) is 19.5. The molecule has 1 saturated heterocycles. The summed E-state index contributed by atoms with van der Waals surface area (Å²) in [6.45, 7) is 1.26. The molecule has 0 bridgehead atoms. The molecule has 0 spiro atoms. The Labute approximate surface area is 119 Å². The second-order valence-corrected chi connectivity index (χ2v) is 6.71. The fourth-order valence-corrected chi connectivity index (χ4v) is 3.67. The van der Waals surface area contributed by atoms with Crippen LogP contribution in [0.4, 0.5) is 0 Å². The van der Waals surface area contributed by atoms with E-state index in [2.05, 4.69) is 0 Å². The number of hydrogen-bond donors (Lipinski definition) is 1. The molecule has 1 unspecified atom stereocenters. The average molecular weight is 300 g/mol. The van der Waals surface area contributed by atoms with E-state index in [1.165, 1.54) is 11.4 Å². The monoisotopic (exact) mass is 300 g/mol. The minimum absolute atomic E-state index is 0.108. The van der Waals surface area contributed by atoms with E-state index >= 15 is 0 Å². The molecule has 0 amide bonds. The number of rotatable bonds is 5. The minimum Gasteiger partial charge on any atom is -0.496 e. The van der Waals surface area contributed by atoms with Crippen LogP contribution in [0.1, 0.15) is 12.0 Å². The summed E-state index contributed by atoms with van der Waals surface area (Å²) in [4.78, 5) is 0.230. The molecule has 1 aromatic rings. The lowest BCUT2D eigenvalue weighted by atomic mass is 10.2. The highest BCUT2D eigenvalue weighted by atomic mass is 32.2. The fourth-order valence-electron chi connectivity index (χ4n) is 2.25. The van der Waals surface area contributed by atoms with E-state index in [4.69, 9.17) is 15.2 Å². The molecule has 0 aliphatic carbocycles. The first-order chi connectivity index (χ1) is 9.50. The fraction of sp³-hybridized carbons (Fsp3) is 0.538. The van der Waals surface area contributed by atoms with Gasteiger partial charge in [-0.05, 0) is 24.6 Å². The second kappa shape index (κ2) is 6.09. The molecule has 1 aliphatic rings. The lowest BCUT2D eigenvalue weighted by Crippen LogP contribution is -2.37. The predicted octanol–water partition coefficient (Wildman–Crippen LogP) is 0.563. The van der Waals surface area contributed by atoms with Gasteiger partial charge in [-0.15, -0.1) is 0 Å². The Morgan fingerprint density at radius 2 is 2.25 bits per heavy atom. The topological polar surface area (TPSA) is 81.9 Å². The first kappa shape index (κ1) is 15.2. The molecule has 0 saturated carbocycles. The van der Waals surface area contributed by atoms with Gasteiger partial charge in [-0.3, -0.25) is 0 Å². The van der Waals surface area contributed by atoms with E-state index in [1.807, 2.05) is 0 Å². The molecule has 20 heavy (non-hydrogen) atoms. The summed E-state index contributed by atoms with van der Waals surface area (Å²) >= 11 is 0. The zero-order valence-electron chi connectivity index (χ0n) is 11.7. The van der Waals surface area contributed by atoms with Crippen molar-refractivity contribution in [2.24, 2.45) is 5.73 Å². The van der Waals surface area contributed by atoms with Crippen LogP contribution in [0, 0.1) is 0 Å². The molecule has 1 aromatic carbocycles. The van der Waals surface area contributed by atoms with E-state index < -0.39 is 10.0 Å². The predicted molar refractivity (Wildman–Crippen MR) is 75.1 cm³/mol. The third-order valence-corrected chi connectivity index (χ3v) is 5.47.